The Morgan fingerprint density at radius 1 is 1.00 bits per heavy atom. The normalized spacial score (nSPS) is 8.44. The van der Waals surface area contributed by atoms with E-state index in [1.54, 1.807) is 36.9 Å². The molecule has 0 aromatic carbocycles. The van der Waals surface area contributed by atoms with Gasteiger partial charge in [-0.3, -0.25) is 0 Å². The molecular weight excluding hydrogens is 256 g/mol. The van der Waals surface area contributed by atoms with E-state index in [1.165, 1.54) is 4.88 Å². The zero-order valence-corrected chi connectivity index (χ0v) is 12.9. The third kappa shape index (κ3) is 11.6. The van der Waals surface area contributed by atoms with Crippen LogP contribution in [0.1, 0.15) is 4.88 Å². The van der Waals surface area contributed by atoms with Gasteiger partial charge in [0, 0.05) is 19.1 Å². The molecule has 0 aliphatic carbocycles. The Hall–Kier alpha value is -0.463. The smallest absolute Gasteiger partial charge is 0.303 e. The van der Waals surface area contributed by atoms with Crippen LogP contribution in [-0.4, -0.2) is 24.2 Å². The lowest BCUT2D eigenvalue weighted by atomic mass is 10.5. The summed E-state index contributed by atoms with van der Waals surface area (Å²) in [6.07, 6.45) is 0. The van der Waals surface area contributed by atoms with Crippen molar-refractivity contribution in [3.63, 3.8) is 0 Å². The van der Waals surface area contributed by atoms with Crippen molar-refractivity contribution < 1.29 is 8.85 Å². The molecule has 2 rings (SSSR count). The van der Waals surface area contributed by atoms with Gasteiger partial charge in [-0.25, -0.2) is 0 Å². The third-order valence-electron chi connectivity index (χ3n) is 1.32. The Labute approximate surface area is 108 Å². The Balaban J connectivity index is 0.000000213. The Morgan fingerprint density at radius 2 is 1.62 bits per heavy atom. The molecule has 0 saturated carbocycles. The minimum Gasteiger partial charge on any atom is -0.402 e. The van der Waals surface area contributed by atoms with Crippen LogP contribution in [0.3, 0.4) is 0 Å². The number of rotatable bonds is 2. The van der Waals surface area contributed by atoms with E-state index in [1.807, 2.05) is 22.9 Å². The molecule has 0 amide bonds. The van der Waals surface area contributed by atoms with Crippen LogP contribution in [0.25, 0.3) is 0 Å². The Morgan fingerprint density at radius 3 is 1.75 bits per heavy atom. The van der Waals surface area contributed by atoms with Crippen molar-refractivity contribution in [1.82, 2.24) is 0 Å². The molecule has 0 bridgehead atoms. The second-order valence-electron chi connectivity index (χ2n) is 2.71. The zero-order chi connectivity index (χ0) is 12.1. The first kappa shape index (κ1) is 15.5. The van der Waals surface area contributed by atoms with Crippen LogP contribution < -0.4 is 0 Å². The number of hydrogen-bond acceptors (Lipinski definition) is 4. The maximum Gasteiger partial charge on any atom is 0.303 e. The molecule has 0 radical (unpaired) electrons. The van der Waals surface area contributed by atoms with Gasteiger partial charge in [0.05, 0.1) is 0 Å². The van der Waals surface area contributed by atoms with Crippen LogP contribution in [0.15, 0.2) is 40.4 Å². The zero-order valence-electron chi connectivity index (χ0n) is 9.88. The van der Waals surface area contributed by atoms with Gasteiger partial charge in [0.25, 0.3) is 0 Å². The van der Waals surface area contributed by atoms with Gasteiger partial charge in [0.1, 0.15) is 0 Å². The van der Waals surface area contributed by atoms with Gasteiger partial charge in [-0.05, 0) is 29.1 Å². The highest BCUT2D eigenvalue weighted by Crippen LogP contribution is 2.03. The summed E-state index contributed by atoms with van der Waals surface area (Å²) in [5.74, 6) is 0. The van der Waals surface area contributed by atoms with Gasteiger partial charge in [0.2, 0.25) is 0 Å². The molecule has 0 aliphatic rings. The van der Waals surface area contributed by atoms with Gasteiger partial charge in [-0.1, -0.05) is 18.2 Å². The van der Waals surface area contributed by atoms with E-state index in [9.17, 15) is 0 Å². The van der Waals surface area contributed by atoms with E-state index >= 15 is 0 Å². The fraction of sp³-hybridized carbons (Fsp3) is 0.273. The number of hydrogen-bond donors (Lipinski definition) is 0. The monoisotopic (exact) mass is 274 g/mol. The first-order valence-electron chi connectivity index (χ1n) is 4.76. The lowest BCUT2D eigenvalue weighted by Gasteiger charge is -1.86. The highest BCUT2D eigenvalue weighted by atomic mass is 32.1. The van der Waals surface area contributed by atoms with Crippen LogP contribution in [0.5, 0.6) is 0 Å². The van der Waals surface area contributed by atoms with E-state index in [2.05, 4.69) is 33.3 Å². The standard InChI is InChI=1S/C5H6S.C4H4S.C2H8O2Si/c1-5-3-2-4-6-5;1-2-4-5-3-1;1-3-5-4-2/h2-4H,1H3;1-4H;5H2,1-2H3. The van der Waals surface area contributed by atoms with Crippen molar-refractivity contribution in [2.45, 2.75) is 6.92 Å². The molecule has 2 aromatic heterocycles. The summed E-state index contributed by atoms with van der Waals surface area (Å²) in [7, 11) is 2.73. The molecular formula is C11H18O2S2Si. The molecule has 2 aromatic rings. The second kappa shape index (κ2) is 12.6. The molecule has 90 valence electrons. The highest BCUT2D eigenvalue weighted by Gasteiger charge is 1.74. The average molecular weight is 274 g/mol. The second-order valence-corrected chi connectivity index (χ2v) is 6.07. The van der Waals surface area contributed by atoms with Crippen LogP contribution in [0, 0.1) is 6.92 Å². The minimum absolute atomic E-state index is 0.568. The maximum absolute atomic E-state index is 4.61. The van der Waals surface area contributed by atoms with Gasteiger partial charge >= 0.3 is 10.0 Å². The average Bonchev–Trinajstić information content (AvgIpc) is 2.94. The largest absolute Gasteiger partial charge is 0.402 e. The van der Waals surface area contributed by atoms with E-state index in [0.29, 0.717) is 0 Å². The molecule has 2 heterocycles. The van der Waals surface area contributed by atoms with Crippen molar-refractivity contribution in [1.29, 1.82) is 0 Å². The molecule has 0 atom stereocenters. The number of thiophene rings is 2. The van der Waals surface area contributed by atoms with Crippen LogP contribution in [-0.2, 0) is 8.85 Å². The van der Waals surface area contributed by atoms with Crippen molar-refractivity contribution >= 4 is 32.7 Å². The van der Waals surface area contributed by atoms with Crippen LogP contribution in [0.4, 0.5) is 0 Å². The van der Waals surface area contributed by atoms with E-state index in [-0.39, 0.29) is 0 Å². The first-order chi connectivity index (χ1) is 7.81. The molecule has 0 unspecified atom stereocenters. The molecule has 5 heteroatoms. The van der Waals surface area contributed by atoms with Crippen LogP contribution in [0.2, 0.25) is 0 Å². The lowest BCUT2D eigenvalue weighted by molar-refractivity contribution is 0.309. The fourth-order valence-corrected chi connectivity index (χ4v) is 1.92. The van der Waals surface area contributed by atoms with Crippen molar-refractivity contribution in [3.8, 4) is 0 Å². The fourth-order valence-electron chi connectivity index (χ4n) is 0.705. The predicted molar refractivity (Wildman–Crippen MR) is 75.9 cm³/mol. The first-order valence-corrected chi connectivity index (χ1v) is 7.74. The third-order valence-corrected chi connectivity index (χ3v) is 3.23. The molecule has 0 saturated heterocycles. The van der Waals surface area contributed by atoms with Crippen molar-refractivity contribution in [3.05, 3.63) is 45.3 Å². The quantitative estimate of drug-likeness (QED) is 0.784. The van der Waals surface area contributed by atoms with Gasteiger partial charge in [0.15, 0.2) is 0 Å². The molecule has 0 spiro atoms. The SMILES string of the molecule is CO[SiH2]OC.Cc1cccs1.c1ccsc1. The number of aryl methyl sites for hydroxylation is 1. The van der Waals surface area contributed by atoms with Gasteiger partial charge in [-0.15, -0.1) is 11.3 Å². The van der Waals surface area contributed by atoms with Gasteiger partial charge < -0.3 is 8.85 Å². The summed E-state index contributed by atoms with van der Waals surface area (Å²) < 4.78 is 9.22. The lowest BCUT2D eigenvalue weighted by Crippen LogP contribution is -1.93. The maximum atomic E-state index is 4.61. The molecule has 2 nitrogen and oxygen atoms in total. The topological polar surface area (TPSA) is 18.5 Å². The van der Waals surface area contributed by atoms with E-state index in [0.717, 1.165) is 0 Å². The summed E-state index contributed by atoms with van der Waals surface area (Å²) in [5, 5.41) is 6.16. The van der Waals surface area contributed by atoms with E-state index in [4.69, 9.17) is 0 Å². The Kier molecular flexibility index (Phi) is 12.2. The van der Waals surface area contributed by atoms with E-state index < -0.39 is 10.0 Å². The molecule has 0 fully saturated rings. The van der Waals surface area contributed by atoms with Crippen molar-refractivity contribution in [2.24, 2.45) is 0 Å². The highest BCUT2D eigenvalue weighted by molar-refractivity contribution is 7.09. The molecule has 16 heavy (non-hydrogen) atoms. The van der Waals surface area contributed by atoms with Crippen molar-refractivity contribution in [2.75, 3.05) is 14.2 Å². The Bertz CT molecular complexity index is 276. The van der Waals surface area contributed by atoms with Crippen LogP contribution >= 0.6 is 22.7 Å². The van der Waals surface area contributed by atoms with Gasteiger partial charge in [-0.2, -0.15) is 11.3 Å². The molecule has 0 aliphatic heterocycles. The minimum atomic E-state index is -0.568. The summed E-state index contributed by atoms with van der Waals surface area (Å²) in [6.45, 7) is 2.10. The summed E-state index contributed by atoms with van der Waals surface area (Å²) in [5.41, 5.74) is 0. The predicted octanol–water partition coefficient (Wildman–Crippen LogP) is 3.08. The summed E-state index contributed by atoms with van der Waals surface area (Å²) in [4.78, 5) is 1.38. The summed E-state index contributed by atoms with van der Waals surface area (Å²) >= 11 is 3.49. The summed E-state index contributed by atoms with van der Waals surface area (Å²) in [6, 6.07) is 8.19. The molecule has 0 N–H and O–H groups in total.